The molecule has 0 aromatic rings. The molecule has 8 nitrogen and oxygen atoms in total. The van der Waals surface area contributed by atoms with Crippen LogP contribution >= 0.6 is 0 Å². The minimum Gasteiger partial charge on any atom is -0.377 e. The third-order valence-corrected chi connectivity index (χ3v) is 6.00. The summed E-state index contributed by atoms with van der Waals surface area (Å²) in [6.07, 6.45) is 7.26. The van der Waals surface area contributed by atoms with Crippen LogP contribution in [0.5, 0.6) is 0 Å². The number of rotatable bonds is 14. The summed E-state index contributed by atoms with van der Waals surface area (Å²) < 4.78 is 0. The maximum atomic E-state index is 13.1. The number of ketones is 1. The van der Waals surface area contributed by atoms with Gasteiger partial charge in [-0.2, -0.15) is 0 Å². The van der Waals surface area contributed by atoms with Crippen LogP contribution in [0, 0.1) is 5.92 Å². The van der Waals surface area contributed by atoms with E-state index in [4.69, 9.17) is 0 Å². The summed E-state index contributed by atoms with van der Waals surface area (Å²) in [6.45, 7) is 9.61. The molecule has 0 aliphatic heterocycles. The zero-order valence-corrected chi connectivity index (χ0v) is 21.2. The van der Waals surface area contributed by atoms with Crippen LogP contribution in [0.3, 0.4) is 0 Å². The summed E-state index contributed by atoms with van der Waals surface area (Å²) in [6, 6.07) is -1.87. The minimum atomic E-state index is -2.00. The molecular weight excluding hydrogens is 422 g/mol. The molecule has 1 fully saturated rings. The largest absolute Gasteiger partial charge is 0.377 e. The maximum absolute atomic E-state index is 13.1. The average molecular weight is 468 g/mol. The summed E-state index contributed by atoms with van der Waals surface area (Å²) in [5, 5.41) is 19.3. The van der Waals surface area contributed by atoms with Crippen molar-refractivity contribution >= 4 is 23.5 Å². The van der Waals surface area contributed by atoms with E-state index in [1.807, 2.05) is 13.8 Å². The van der Waals surface area contributed by atoms with E-state index in [0.29, 0.717) is 12.8 Å². The van der Waals surface area contributed by atoms with Gasteiger partial charge >= 0.3 is 0 Å². The van der Waals surface area contributed by atoms with Crippen molar-refractivity contribution in [3.8, 4) is 0 Å². The third-order valence-electron chi connectivity index (χ3n) is 6.00. The molecule has 0 saturated heterocycles. The Hall–Kier alpha value is -1.96. The Balaban J connectivity index is 2.77. The Morgan fingerprint density at radius 3 is 2.27 bits per heavy atom. The molecule has 0 aromatic carbocycles. The standard InChI is InChI=1S/C25H45N3O5/c1-6-7-8-9-10-11-12-22(30)27-20(15-17(2)3)23(31)28-21-14-13-19(29)16-25(21,33)24(32)26-18(4)5/h17-18,20-21,33H,6-16H2,1-5H3,(H,26,32)(H,27,30)(H,28,31)/t20-,21-,25?/m0/s1. The number of Topliss-reactive ketones (excluding diaryl/α,β-unsaturated/α-hetero) is 1. The molecular formula is C25H45N3O5. The molecule has 8 heteroatoms. The second-order valence-corrected chi connectivity index (χ2v) is 10.1. The van der Waals surface area contributed by atoms with Gasteiger partial charge in [0.2, 0.25) is 11.8 Å². The monoisotopic (exact) mass is 467 g/mol. The highest BCUT2D eigenvalue weighted by Crippen LogP contribution is 2.27. The second kappa shape index (κ2) is 14.3. The third kappa shape index (κ3) is 10.2. The van der Waals surface area contributed by atoms with Crippen LogP contribution in [0.4, 0.5) is 0 Å². The van der Waals surface area contributed by atoms with Crippen LogP contribution in [0.1, 0.15) is 105 Å². The van der Waals surface area contributed by atoms with Gasteiger partial charge in [-0.15, -0.1) is 0 Å². The predicted molar refractivity (Wildman–Crippen MR) is 128 cm³/mol. The van der Waals surface area contributed by atoms with Crippen molar-refractivity contribution in [1.82, 2.24) is 16.0 Å². The number of hydrogen-bond acceptors (Lipinski definition) is 5. The second-order valence-electron chi connectivity index (χ2n) is 10.1. The Morgan fingerprint density at radius 1 is 1.03 bits per heavy atom. The SMILES string of the molecule is CCCCCCCCC(=O)N[C@@H](CC(C)C)C(=O)N[C@H]1CCC(=O)CC1(O)C(=O)NC(C)C. The van der Waals surface area contributed by atoms with Gasteiger partial charge in [0.15, 0.2) is 5.60 Å². The van der Waals surface area contributed by atoms with Crippen molar-refractivity contribution in [2.45, 2.75) is 129 Å². The van der Waals surface area contributed by atoms with Gasteiger partial charge in [0.1, 0.15) is 11.8 Å². The van der Waals surface area contributed by atoms with Crippen molar-refractivity contribution in [2.75, 3.05) is 0 Å². The van der Waals surface area contributed by atoms with Gasteiger partial charge in [-0.05, 0) is 39.0 Å². The van der Waals surface area contributed by atoms with E-state index in [1.165, 1.54) is 19.3 Å². The van der Waals surface area contributed by atoms with Crippen LogP contribution in [0.15, 0.2) is 0 Å². The van der Waals surface area contributed by atoms with Crippen molar-refractivity contribution in [3.05, 3.63) is 0 Å². The van der Waals surface area contributed by atoms with Gasteiger partial charge < -0.3 is 21.1 Å². The van der Waals surface area contributed by atoms with Crippen LogP contribution in [0.2, 0.25) is 0 Å². The molecule has 0 aromatic heterocycles. The van der Waals surface area contributed by atoms with E-state index in [-0.39, 0.29) is 42.9 Å². The summed E-state index contributed by atoms with van der Waals surface area (Å²) >= 11 is 0. The molecule has 1 aliphatic carbocycles. The highest BCUT2D eigenvalue weighted by Gasteiger charge is 2.49. The lowest BCUT2D eigenvalue weighted by Gasteiger charge is -2.39. The van der Waals surface area contributed by atoms with E-state index < -0.39 is 29.5 Å². The molecule has 1 unspecified atom stereocenters. The number of aliphatic hydroxyl groups is 1. The molecule has 0 bridgehead atoms. The summed E-state index contributed by atoms with van der Waals surface area (Å²) in [7, 11) is 0. The Bertz CT molecular complexity index is 664. The van der Waals surface area contributed by atoms with Gasteiger partial charge in [0.05, 0.1) is 6.04 Å². The van der Waals surface area contributed by atoms with Gasteiger partial charge in [-0.3, -0.25) is 19.2 Å². The number of carbonyl (C=O) groups is 4. The van der Waals surface area contributed by atoms with Crippen molar-refractivity contribution < 1.29 is 24.3 Å². The fraction of sp³-hybridized carbons (Fsp3) is 0.840. The van der Waals surface area contributed by atoms with Crippen LogP contribution in [-0.2, 0) is 19.2 Å². The van der Waals surface area contributed by atoms with Gasteiger partial charge in [-0.1, -0.05) is 52.9 Å². The number of nitrogens with one attached hydrogen (secondary N) is 3. The first-order valence-electron chi connectivity index (χ1n) is 12.6. The molecule has 0 spiro atoms. The van der Waals surface area contributed by atoms with E-state index in [9.17, 15) is 24.3 Å². The van der Waals surface area contributed by atoms with Crippen molar-refractivity contribution in [2.24, 2.45) is 5.92 Å². The topological polar surface area (TPSA) is 125 Å². The number of carbonyl (C=O) groups excluding carboxylic acids is 4. The quantitative estimate of drug-likeness (QED) is 0.292. The van der Waals surface area contributed by atoms with Crippen LogP contribution in [0.25, 0.3) is 0 Å². The van der Waals surface area contributed by atoms with Gasteiger partial charge in [0, 0.05) is 25.3 Å². The van der Waals surface area contributed by atoms with Crippen LogP contribution in [-0.4, -0.2) is 52.3 Å². The Morgan fingerprint density at radius 2 is 1.67 bits per heavy atom. The molecule has 33 heavy (non-hydrogen) atoms. The van der Waals surface area contributed by atoms with Gasteiger partial charge in [0.25, 0.3) is 5.91 Å². The molecule has 0 heterocycles. The number of hydrogen-bond donors (Lipinski definition) is 4. The van der Waals surface area contributed by atoms with E-state index in [2.05, 4.69) is 22.9 Å². The zero-order valence-electron chi connectivity index (χ0n) is 21.2. The van der Waals surface area contributed by atoms with Crippen molar-refractivity contribution in [1.29, 1.82) is 0 Å². The average Bonchev–Trinajstić information content (AvgIpc) is 2.71. The molecule has 1 aliphatic rings. The van der Waals surface area contributed by atoms with E-state index in [1.54, 1.807) is 13.8 Å². The predicted octanol–water partition coefficient (Wildman–Crippen LogP) is 2.76. The Labute approximate surface area is 199 Å². The van der Waals surface area contributed by atoms with Crippen LogP contribution < -0.4 is 16.0 Å². The highest BCUT2D eigenvalue weighted by molar-refractivity contribution is 5.95. The fourth-order valence-electron chi connectivity index (χ4n) is 4.18. The van der Waals surface area contributed by atoms with E-state index >= 15 is 0 Å². The molecule has 1 saturated carbocycles. The zero-order chi connectivity index (χ0) is 25.0. The van der Waals surface area contributed by atoms with Crippen molar-refractivity contribution in [3.63, 3.8) is 0 Å². The lowest BCUT2D eigenvalue weighted by molar-refractivity contribution is -0.154. The molecule has 3 amide bonds. The first kappa shape index (κ1) is 29.1. The minimum absolute atomic E-state index is 0.158. The summed E-state index contributed by atoms with van der Waals surface area (Å²) in [4.78, 5) is 50.2. The summed E-state index contributed by atoms with van der Waals surface area (Å²) in [5.41, 5.74) is -2.00. The lowest BCUT2D eigenvalue weighted by Crippen LogP contribution is -2.65. The van der Waals surface area contributed by atoms with Gasteiger partial charge in [-0.25, -0.2) is 0 Å². The van der Waals surface area contributed by atoms with E-state index in [0.717, 1.165) is 19.3 Å². The maximum Gasteiger partial charge on any atom is 0.254 e. The molecule has 190 valence electrons. The molecule has 3 atom stereocenters. The summed E-state index contributed by atoms with van der Waals surface area (Å²) in [5.74, 6) is -1.32. The number of amides is 3. The molecule has 4 N–H and O–H groups in total. The smallest absolute Gasteiger partial charge is 0.254 e. The normalized spacial score (nSPS) is 21.7. The first-order valence-corrected chi connectivity index (χ1v) is 12.6. The lowest BCUT2D eigenvalue weighted by atomic mass is 9.78. The molecule has 1 rings (SSSR count). The highest BCUT2D eigenvalue weighted by atomic mass is 16.3. The Kier molecular flexibility index (Phi) is 12.6. The molecule has 0 radical (unpaired) electrons. The fourth-order valence-corrected chi connectivity index (χ4v) is 4.18. The first-order chi connectivity index (χ1) is 15.5. The number of unbranched alkanes of at least 4 members (excludes halogenated alkanes) is 5.